The molecular weight excluding hydrogens is 330 g/mol. The Morgan fingerprint density at radius 3 is 2.81 bits per heavy atom. The molecule has 2 rings (SSSR count). The van der Waals surface area contributed by atoms with Crippen LogP contribution in [-0.2, 0) is 16.0 Å². The summed E-state index contributed by atoms with van der Waals surface area (Å²) >= 11 is 0. The van der Waals surface area contributed by atoms with Gasteiger partial charge in [-0.2, -0.15) is 0 Å². The molecule has 1 unspecified atom stereocenters. The van der Waals surface area contributed by atoms with E-state index in [-0.39, 0.29) is 24.8 Å². The van der Waals surface area contributed by atoms with Gasteiger partial charge in [0.1, 0.15) is 0 Å². The Hall–Kier alpha value is -2.58. The third-order valence-corrected chi connectivity index (χ3v) is 4.29. The van der Waals surface area contributed by atoms with Crippen molar-refractivity contribution in [3.8, 4) is 11.8 Å². The van der Waals surface area contributed by atoms with E-state index in [9.17, 15) is 14.7 Å². The third-order valence-electron chi connectivity index (χ3n) is 4.29. The second kappa shape index (κ2) is 10.4. The minimum atomic E-state index is -0.874. The number of carboxylic acids is 1. The van der Waals surface area contributed by atoms with E-state index < -0.39 is 12.1 Å². The Balaban J connectivity index is 1.91. The summed E-state index contributed by atoms with van der Waals surface area (Å²) in [5, 5.41) is 18.8. The number of carbonyl (C=O) groups is 2. The first-order valence-corrected chi connectivity index (χ1v) is 8.93. The quantitative estimate of drug-likeness (QED) is 0.582. The van der Waals surface area contributed by atoms with E-state index in [0.29, 0.717) is 19.4 Å². The van der Waals surface area contributed by atoms with Crippen LogP contribution in [0.3, 0.4) is 0 Å². The number of amides is 1. The number of carboxylic acid groups (broad SMARTS) is 1. The molecule has 1 saturated heterocycles. The molecule has 1 amide bonds. The van der Waals surface area contributed by atoms with Crippen molar-refractivity contribution in [3.63, 3.8) is 0 Å². The molecule has 1 aliphatic rings. The lowest BCUT2D eigenvalue weighted by atomic mass is 9.99. The summed E-state index contributed by atoms with van der Waals surface area (Å²) < 4.78 is 0. The van der Waals surface area contributed by atoms with E-state index in [1.54, 1.807) is 11.0 Å². The summed E-state index contributed by atoms with van der Waals surface area (Å²) in [5.74, 6) is 4.88. The lowest BCUT2D eigenvalue weighted by molar-refractivity contribution is -0.137. The first-order chi connectivity index (χ1) is 12.6. The van der Waals surface area contributed by atoms with Gasteiger partial charge in [-0.3, -0.25) is 9.59 Å². The van der Waals surface area contributed by atoms with Gasteiger partial charge in [-0.1, -0.05) is 48.4 Å². The van der Waals surface area contributed by atoms with E-state index in [2.05, 4.69) is 11.8 Å². The molecule has 2 N–H and O–H groups in total. The highest BCUT2D eigenvalue weighted by Crippen LogP contribution is 2.19. The van der Waals surface area contributed by atoms with Gasteiger partial charge < -0.3 is 15.1 Å². The van der Waals surface area contributed by atoms with Gasteiger partial charge in [0.15, 0.2) is 0 Å². The van der Waals surface area contributed by atoms with Gasteiger partial charge in [0.25, 0.3) is 0 Å². The Morgan fingerprint density at radius 1 is 1.31 bits per heavy atom. The largest absolute Gasteiger partial charge is 0.481 e. The molecule has 138 valence electrons. The summed E-state index contributed by atoms with van der Waals surface area (Å²) in [6.45, 7) is 0.294. The predicted octanol–water partition coefficient (Wildman–Crippen LogP) is 2.40. The van der Waals surface area contributed by atoms with Gasteiger partial charge in [0.05, 0.1) is 25.1 Å². The average molecular weight is 355 g/mol. The summed E-state index contributed by atoms with van der Waals surface area (Å²) in [7, 11) is 0. The highest BCUT2D eigenvalue weighted by molar-refractivity contribution is 5.78. The average Bonchev–Trinajstić information content (AvgIpc) is 2.62. The number of rotatable bonds is 7. The molecule has 1 aromatic rings. The second-order valence-corrected chi connectivity index (χ2v) is 6.37. The highest BCUT2D eigenvalue weighted by Gasteiger charge is 2.25. The smallest absolute Gasteiger partial charge is 0.304 e. The number of aliphatic hydroxyl groups excluding tert-OH is 1. The van der Waals surface area contributed by atoms with E-state index in [1.807, 2.05) is 36.4 Å². The van der Waals surface area contributed by atoms with Crippen molar-refractivity contribution in [1.29, 1.82) is 0 Å². The minimum absolute atomic E-state index is 0.00988. The molecule has 0 bridgehead atoms. The zero-order valence-electron chi connectivity index (χ0n) is 14.8. The Labute approximate surface area is 154 Å². The van der Waals surface area contributed by atoms with Crippen molar-refractivity contribution in [1.82, 2.24) is 4.90 Å². The van der Waals surface area contributed by atoms with Crippen LogP contribution in [0.1, 0.15) is 37.7 Å². The van der Waals surface area contributed by atoms with Crippen molar-refractivity contribution in [2.75, 3.05) is 6.54 Å². The number of hydrogen-bond donors (Lipinski definition) is 2. The first-order valence-electron chi connectivity index (χ1n) is 8.93. The molecule has 1 fully saturated rings. The molecule has 0 saturated carbocycles. The molecule has 0 spiro atoms. The number of aliphatic carboxylic acids is 1. The monoisotopic (exact) mass is 355 g/mol. The fraction of sp³-hybridized carbons (Fsp3) is 0.429. The van der Waals surface area contributed by atoms with E-state index in [1.165, 1.54) is 0 Å². The maximum absolute atomic E-state index is 12.2. The van der Waals surface area contributed by atoms with Crippen molar-refractivity contribution in [2.45, 2.75) is 50.7 Å². The van der Waals surface area contributed by atoms with Crippen molar-refractivity contribution >= 4 is 11.9 Å². The van der Waals surface area contributed by atoms with Gasteiger partial charge in [0.2, 0.25) is 5.91 Å². The van der Waals surface area contributed by atoms with Crippen molar-refractivity contribution in [3.05, 3.63) is 48.0 Å². The molecule has 0 aliphatic carbocycles. The number of carbonyl (C=O) groups excluding carboxylic acids is 1. The normalized spacial score (nSPS) is 18.4. The van der Waals surface area contributed by atoms with Gasteiger partial charge in [-0.05, 0) is 18.4 Å². The molecule has 1 heterocycles. The third kappa shape index (κ3) is 6.73. The lowest BCUT2D eigenvalue weighted by Gasteiger charge is -2.32. The number of nitrogens with zero attached hydrogens (tertiary/aromatic N) is 1. The van der Waals surface area contributed by atoms with Crippen LogP contribution in [0.15, 0.2) is 42.5 Å². The summed E-state index contributed by atoms with van der Waals surface area (Å²) in [6.07, 6.45) is 6.05. The minimum Gasteiger partial charge on any atom is -0.481 e. The van der Waals surface area contributed by atoms with Gasteiger partial charge in [-0.15, -0.1) is 5.92 Å². The van der Waals surface area contributed by atoms with Crippen LogP contribution in [0.25, 0.3) is 0 Å². The SMILES string of the molecule is O=C(O)CCC#CCN1C(=O)CCC[C@@H]1/C=C/C(O)Cc1ccccc1. The molecule has 0 aromatic heterocycles. The maximum Gasteiger partial charge on any atom is 0.304 e. The predicted molar refractivity (Wildman–Crippen MR) is 99.3 cm³/mol. The Kier molecular flexibility index (Phi) is 7.91. The van der Waals surface area contributed by atoms with Crippen LogP contribution in [0.4, 0.5) is 0 Å². The van der Waals surface area contributed by atoms with Crippen LogP contribution in [0, 0.1) is 11.8 Å². The lowest BCUT2D eigenvalue weighted by Crippen LogP contribution is -2.42. The Bertz CT molecular complexity index is 687. The zero-order chi connectivity index (χ0) is 18.8. The maximum atomic E-state index is 12.2. The van der Waals surface area contributed by atoms with Crippen LogP contribution in [-0.4, -0.2) is 45.7 Å². The fourth-order valence-corrected chi connectivity index (χ4v) is 2.93. The van der Waals surface area contributed by atoms with Crippen molar-refractivity contribution < 1.29 is 19.8 Å². The number of piperidine rings is 1. The van der Waals surface area contributed by atoms with Crippen LogP contribution < -0.4 is 0 Å². The van der Waals surface area contributed by atoms with Gasteiger partial charge in [-0.25, -0.2) is 0 Å². The molecule has 5 nitrogen and oxygen atoms in total. The van der Waals surface area contributed by atoms with E-state index >= 15 is 0 Å². The number of benzene rings is 1. The van der Waals surface area contributed by atoms with E-state index in [4.69, 9.17) is 5.11 Å². The van der Waals surface area contributed by atoms with Crippen LogP contribution >= 0.6 is 0 Å². The van der Waals surface area contributed by atoms with Gasteiger partial charge >= 0.3 is 5.97 Å². The summed E-state index contributed by atoms with van der Waals surface area (Å²) in [5.41, 5.74) is 1.06. The topological polar surface area (TPSA) is 77.8 Å². The second-order valence-electron chi connectivity index (χ2n) is 6.37. The van der Waals surface area contributed by atoms with Crippen molar-refractivity contribution in [2.24, 2.45) is 0 Å². The Morgan fingerprint density at radius 2 is 2.08 bits per heavy atom. The number of likely N-dealkylation sites (tertiary alicyclic amines) is 1. The summed E-state index contributed by atoms with van der Waals surface area (Å²) in [6, 6.07) is 9.69. The first kappa shape index (κ1) is 19.7. The molecule has 5 heteroatoms. The molecule has 26 heavy (non-hydrogen) atoms. The van der Waals surface area contributed by atoms with E-state index in [0.717, 1.165) is 18.4 Å². The molecule has 1 aliphatic heterocycles. The van der Waals surface area contributed by atoms with Crippen LogP contribution in [0.5, 0.6) is 0 Å². The zero-order valence-corrected chi connectivity index (χ0v) is 14.8. The van der Waals surface area contributed by atoms with Crippen LogP contribution in [0.2, 0.25) is 0 Å². The molecule has 1 aromatic carbocycles. The fourth-order valence-electron chi connectivity index (χ4n) is 2.93. The number of aliphatic hydroxyl groups is 1. The molecule has 0 radical (unpaired) electrons. The molecule has 2 atom stereocenters. The van der Waals surface area contributed by atoms with Gasteiger partial charge in [0, 0.05) is 19.3 Å². The molecular formula is C21H25NO4. The summed E-state index contributed by atoms with van der Waals surface area (Å²) in [4.78, 5) is 24.4. The number of hydrogen-bond acceptors (Lipinski definition) is 3. The standard InChI is InChI=1S/C21H25NO4/c23-19(16-17-8-3-1-4-9-17)14-13-18-10-7-11-20(24)22(18)15-6-2-5-12-21(25)26/h1,3-4,8-9,13-14,18-19,23H,5,7,10-12,15-16H2,(H,25,26)/b14-13+/t18-,19?/m1/s1. The highest BCUT2D eigenvalue weighted by atomic mass is 16.4.